The molecule has 1 amide bonds. The molecule has 2 N–H and O–H groups in total. The van der Waals surface area contributed by atoms with Gasteiger partial charge < -0.3 is 15.4 Å². The Balaban J connectivity index is 1.70. The van der Waals surface area contributed by atoms with E-state index in [4.69, 9.17) is 4.74 Å². The zero-order chi connectivity index (χ0) is 12.8. The molecule has 0 saturated carbocycles. The number of hydrogen-bond acceptors (Lipinski definition) is 3. The van der Waals surface area contributed by atoms with Gasteiger partial charge in [0.1, 0.15) is 5.82 Å². The molecule has 1 saturated heterocycles. The van der Waals surface area contributed by atoms with Gasteiger partial charge >= 0.3 is 0 Å². The molecule has 1 fully saturated rings. The molecule has 1 heterocycles. The number of halogens is 1. The number of nitrogens with one attached hydrogen (secondary N) is 2. The van der Waals surface area contributed by atoms with Gasteiger partial charge in [0.2, 0.25) is 5.91 Å². The summed E-state index contributed by atoms with van der Waals surface area (Å²) in [6, 6.07) is 6.11. The maximum absolute atomic E-state index is 13.3. The van der Waals surface area contributed by atoms with Crippen LogP contribution in [-0.4, -0.2) is 31.7 Å². The van der Waals surface area contributed by atoms with Crippen LogP contribution in [-0.2, 0) is 9.53 Å². The van der Waals surface area contributed by atoms with E-state index >= 15 is 0 Å². The maximum atomic E-state index is 13.3. The highest BCUT2D eigenvalue weighted by molar-refractivity contribution is 5.92. The Labute approximate surface area is 106 Å². The lowest BCUT2D eigenvalue weighted by Crippen LogP contribution is -2.33. The van der Waals surface area contributed by atoms with Gasteiger partial charge in [-0.15, -0.1) is 0 Å². The molecule has 0 bridgehead atoms. The van der Waals surface area contributed by atoms with Crippen LogP contribution in [0.2, 0.25) is 0 Å². The fourth-order valence-electron chi connectivity index (χ4n) is 1.91. The van der Waals surface area contributed by atoms with Gasteiger partial charge in [0.15, 0.2) is 0 Å². The van der Waals surface area contributed by atoms with Crippen molar-refractivity contribution < 1.29 is 13.9 Å². The van der Waals surface area contributed by atoms with Gasteiger partial charge in [-0.05, 0) is 25.0 Å². The molecule has 2 rings (SSSR count). The van der Waals surface area contributed by atoms with E-state index < -0.39 is 5.82 Å². The number of benzene rings is 1. The van der Waals surface area contributed by atoms with E-state index in [2.05, 4.69) is 10.6 Å². The van der Waals surface area contributed by atoms with Gasteiger partial charge in [-0.1, -0.05) is 12.1 Å². The Morgan fingerprint density at radius 3 is 3.00 bits per heavy atom. The second-order valence-corrected chi connectivity index (χ2v) is 4.29. The minimum absolute atomic E-state index is 0.161. The summed E-state index contributed by atoms with van der Waals surface area (Å²) < 4.78 is 18.7. The molecule has 0 spiro atoms. The molecule has 1 aliphatic heterocycles. The molecular weight excluding hydrogens is 235 g/mol. The molecule has 98 valence electrons. The molecule has 0 aliphatic carbocycles. The van der Waals surface area contributed by atoms with Crippen molar-refractivity contribution in [2.45, 2.75) is 18.9 Å². The maximum Gasteiger partial charge on any atom is 0.238 e. The van der Waals surface area contributed by atoms with Gasteiger partial charge in [-0.25, -0.2) is 4.39 Å². The topological polar surface area (TPSA) is 50.4 Å². The number of hydrogen-bond donors (Lipinski definition) is 2. The summed E-state index contributed by atoms with van der Waals surface area (Å²) in [4.78, 5) is 11.6. The summed E-state index contributed by atoms with van der Waals surface area (Å²) in [5.41, 5.74) is 0.210. The highest BCUT2D eigenvalue weighted by Gasteiger charge is 2.15. The lowest BCUT2D eigenvalue weighted by Gasteiger charge is -2.11. The van der Waals surface area contributed by atoms with Gasteiger partial charge in [-0.2, -0.15) is 0 Å². The molecule has 0 aromatic heterocycles. The third-order valence-corrected chi connectivity index (χ3v) is 2.83. The van der Waals surface area contributed by atoms with Crippen molar-refractivity contribution in [1.82, 2.24) is 5.32 Å². The number of rotatable bonds is 5. The van der Waals surface area contributed by atoms with Gasteiger partial charge in [0.25, 0.3) is 0 Å². The fourth-order valence-corrected chi connectivity index (χ4v) is 1.91. The van der Waals surface area contributed by atoms with Crippen LogP contribution in [0.3, 0.4) is 0 Å². The second-order valence-electron chi connectivity index (χ2n) is 4.29. The Kier molecular flexibility index (Phi) is 4.66. The van der Waals surface area contributed by atoms with E-state index in [1.807, 2.05) is 0 Å². The predicted molar refractivity (Wildman–Crippen MR) is 66.9 cm³/mol. The quantitative estimate of drug-likeness (QED) is 0.835. The fraction of sp³-hybridized carbons (Fsp3) is 0.462. The first-order valence-corrected chi connectivity index (χ1v) is 6.12. The molecule has 1 aromatic rings. The molecule has 1 atom stereocenters. The third-order valence-electron chi connectivity index (χ3n) is 2.83. The number of anilines is 1. The highest BCUT2D eigenvalue weighted by Crippen LogP contribution is 2.12. The SMILES string of the molecule is O=C(CNC[C@@H]1CCCO1)Nc1ccccc1F. The first kappa shape index (κ1) is 13.0. The number of ether oxygens (including phenoxy) is 1. The summed E-state index contributed by atoms with van der Waals surface area (Å²) in [6.07, 6.45) is 2.31. The van der Waals surface area contributed by atoms with E-state index in [9.17, 15) is 9.18 Å². The minimum atomic E-state index is -0.426. The van der Waals surface area contributed by atoms with Gasteiger partial charge in [0.05, 0.1) is 18.3 Å². The monoisotopic (exact) mass is 252 g/mol. The molecule has 4 nitrogen and oxygen atoms in total. The summed E-state index contributed by atoms with van der Waals surface area (Å²) >= 11 is 0. The van der Waals surface area contributed by atoms with Crippen molar-refractivity contribution in [2.24, 2.45) is 0 Å². The second kappa shape index (κ2) is 6.47. The molecular formula is C13H17FN2O2. The lowest BCUT2D eigenvalue weighted by molar-refractivity contribution is -0.115. The molecule has 0 unspecified atom stereocenters. The van der Waals surface area contributed by atoms with E-state index in [-0.39, 0.29) is 24.2 Å². The molecule has 1 aromatic carbocycles. The van der Waals surface area contributed by atoms with Crippen LogP contribution in [0.5, 0.6) is 0 Å². The predicted octanol–water partition coefficient (Wildman–Crippen LogP) is 1.53. The van der Waals surface area contributed by atoms with Crippen LogP contribution < -0.4 is 10.6 Å². The van der Waals surface area contributed by atoms with Crippen molar-refractivity contribution in [3.05, 3.63) is 30.1 Å². The average molecular weight is 252 g/mol. The zero-order valence-corrected chi connectivity index (χ0v) is 10.1. The van der Waals surface area contributed by atoms with Crippen molar-refractivity contribution in [1.29, 1.82) is 0 Å². The third kappa shape index (κ3) is 3.78. The van der Waals surface area contributed by atoms with Crippen LogP contribution in [0.1, 0.15) is 12.8 Å². The standard InChI is InChI=1S/C13H17FN2O2/c14-11-5-1-2-6-12(11)16-13(17)9-15-8-10-4-3-7-18-10/h1-2,5-6,10,15H,3-4,7-9H2,(H,16,17)/t10-/m0/s1. The molecule has 18 heavy (non-hydrogen) atoms. The summed E-state index contributed by atoms with van der Waals surface area (Å²) in [5, 5.41) is 5.53. The highest BCUT2D eigenvalue weighted by atomic mass is 19.1. The van der Waals surface area contributed by atoms with Crippen LogP contribution in [0, 0.1) is 5.82 Å². The van der Waals surface area contributed by atoms with E-state index in [0.29, 0.717) is 6.54 Å². The van der Waals surface area contributed by atoms with Crippen LogP contribution in [0.15, 0.2) is 24.3 Å². The van der Waals surface area contributed by atoms with E-state index in [1.54, 1.807) is 12.1 Å². The van der Waals surface area contributed by atoms with Crippen LogP contribution in [0.4, 0.5) is 10.1 Å². The first-order chi connectivity index (χ1) is 8.75. The summed E-state index contributed by atoms with van der Waals surface area (Å²) in [7, 11) is 0. The Bertz CT molecular complexity index is 406. The Morgan fingerprint density at radius 2 is 2.28 bits per heavy atom. The number of para-hydroxylation sites is 1. The lowest BCUT2D eigenvalue weighted by atomic mass is 10.2. The number of carbonyl (C=O) groups is 1. The van der Waals surface area contributed by atoms with Crippen LogP contribution >= 0.6 is 0 Å². The van der Waals surface area contributed by atoms with Gasteiger partial charge in [0, 0.05) is 13.2 Å². The molecule has 0 radical (unpaired) electrons. The summed E-state index contributed by atoms with van der Waals surface area (Å²) in [5.74, 6) is -0.678. The summed E-state index contributed by atoms with van der Waals surface area (Å²) in [6.45, 7) is 1.62. The van der Waals surface area contributed by atoms with Crippen molar-refractivity contribution in [3.63, 3.8) is 0 Å². The molecule has 5 heteroatoms. The van der Waals surface area contributed by atoms with E-state index in [1.165, 1.54) is 12.1 Å². The van der Waals surface area contributed by atoms with E-state index in [0.717, 1.165) is 19.4 Å². The first-order valence-electron chi connectivity index (χ1n) is 6.12. The van der Waals surface area contributed by atoms with Crippen molar-refractivity contribution in [3.8, 4) is 0 Å². The Hall–Kier alpha value is -1.46. The molecule has 1 aliphatic rings. The van der Waals surface area contributed by atoms with Crippen molar-refractivity contribution >= 4 is 11.6 Å². The van der Waals surface area contributed by atoms with Crippen LogP contribution in [0.25, 0.3) is 0 Å². The van der Waals surface area contributed by atoms with Crippen molar-refractivity contribution in [2.75, 3.05) is 25.0 Å². The number of carbonyl (C=O) groups excluding carboxylic acids is 1. The average Bonchev–Trinajstić information content (AvgIpc) is 2.85. The largest absolute Gasteiger partial charge is 0.377 e. The smallest absolute Gasteiger partial charge is 0.238 e. The number of amides is 1. The normalized spacial score (nSPS) is 18.8. The minimum Gasteiger partial charge on any atom is -0.377 e. The zero-order valence-electron chi connectivity index (χ0n) is 10.1. The Morgan fingerprint density at radius 1 is 1.44 bits per heavy atom. The van der Waals surface area contributed by atoms with Gasteiger partial charge in [-0.3, -0.25) is 4.79 Å².